The number of ether oxygens (including phenoxy) is 3. The van der Waals surface area contributed by atoms with E-state index in [1.54, 1.807) is 30.3 Å². The third-order valence-corrected chi connectivity index (χ3v) is 4.05. The summed E-state index contributed by atoms with van der Waals surface area (Å²) in [4.78, 5) is 12.2. The standard InChI is InChI=1S/C18H16BrClN2O4/c1-3-25-16-7-11(9-21)6-13(19)18(16)26-10-17(23)22-14-8-12(20)4-5-15(14)24-2/h4-8H,3,10H2,1-2H3,(H,22,23). The van der Waals surface area contributed by atoms with Crippen LogP contribution in [0.5, 0.6) is 17.2 Å². The summed E-state index contributed by atoms with van der Waals surface area (Å²) in [5.41, 5.74) is 0.860. The highest BCUT2D eigenvalue weighted by Crippen LogP contribution is 2.37. The molecule has 1 amide bonds. The molecule has 0 aromatic heterocycles. The van der Waals surface area contributed by atoms with Crippen LogP contribution in [0.25, 0.3) is 0 Å². The average molecular weight is 440 g/mol. The maximum atomic E-state index is 12.2. The van der Waals surface area contributed by atoms with Gasteiger partial charge in [-0.3, -0.25) is 4.79 Å². The Kier molecular flexibility index (Phi) is 7.13. The van der Waals surface area contributed by atoms with Gasteiger partial charge in [-0.15, -0.1) is 0 Å². The highest BCUT2D eigenvalue weighted by Gasteiger charge is 2.15. The van der Waals surface area contributed by atoms with Gasteiger partial charge in [-0.25, -0.2) is 0 Å². The zero-order valence-electron chi connectivity index (χ0n) is 14.1. The average Bonchev–Trinajstić information content (AvgIpc) is 2.61. The zero-order valence-corrected chi connectivity index (χ0v) is 16.5. The van der Waals surface area contributed by atoms with Crippen LogP contribution in [-0.4, -0.2) is 26.2 Å². The van der Waals surface area contributed by atoms with Crippen LogP contribution >= 0.6 is 27.5 Å². The first-order chi connectivity index (χ1) is 12.5. The van der Waals surface area contributed by atoms with Crippen molar-refractivity contribution in [2.45, 2.75) is 6.92 Å². The summed E-state index contributed by atoms with van der Waals surface area (Å²) >= 11 is 9.28. The van der Waals surface area contributed by atoms with Gasteiger partial charge < -0.3 is 19.5 Å². The van der Waals surface area contributed by atoms with Crippen molar-refractivity contribution in [2.24, 2.45) is 0 Å². The van der Waals surface area contributed by atoms with E-state index in [9.17, 15) is 4.79 Å². The molecule has 0 aliphatic heterocycles. The number of halogens is 2. The van der Waals surface area contributed by atoms with Crippen molar-refractivity contribution in [3.05, 3.63) is 45.4 Å². The molecule has 1 N–H and O–H groups in total. The number of anilines is 1. The molecule has 0 saturated heterocycles. The lowest BCUT2D eigenvalue weighted by Crippen LogP contribution is -2.21. The van der Waals surface area contributed by atoms with Crippen LogP contribution in [0.15, 0.2) is 34.8 Å². The van der Waals surface area contributed by atoms with Crippen LogP contribution in [0.4, 0.5) is 5.69 Å². The molecule has 0 fully saturated rings. The van der Waals surface area contributed by atoms with Gasteiger partial charge in [0, 0.05) is 11.1 Å². The predicted molar refractivity (Wildman–Crippen MR) is 102 cm³/mol. The van der Waals surface area contributed by atoms with Crippen LogP contribution in [-0.2, 0) is 4.79 Å². The van der Waals surface area contributed by atoms with Crippen molar-refractivity contribution in [1.29, 1.82) is 5.26 Å². The molecule has 2 rings (SSSR count). The second-order valence-electron chi connectivity index (χ2n) is 5.01. The smallest absolute Gasteiger partial charge is 0.262 e. The van der Waals surface area contributed by atoms with Crippen molar-refractivity contribution < 1.29 is 19.0 Å². The zero-order chi connectivity index (χ0) is 19.1. The van der Waals surface area contributed by atoms with Crippen molar-refractivity contribution in [3.63, 3.8) is 0 Å². The number of nitrogens with one attached hydrogen (secondary N) is 1. The monoisotopic (exact) mass is 438 g/mol. The Hall–Kier alpha value is -2.43. The van der Waals surface area contributed by atoms with Crippen LogP contribution in [0.3, 0.4) is 0 Å². The molecule has 0 radical (unpaired) electrons. The fourth-order valence-electron chi connectivity index (χ4n) is 2.14. The van der Waals surface area contributed by atoms with Gasteiger partial charge in [0.1, 0.15) is 5.75 Å². The fourth-order valence-corrected chi connectivity index (χ4v) is 2.87. The summed E-state index contributed by atoms with van der Waals surface area (Å²) < 4.78 is 16.8. The quantitative estimate of drug-likeness (QED) is 0.691. The highest BCUT2D eigenvalue weighted by atomic mass is 79.9. The minimum Gasteiger partial charge on any atom is -0.495 e. The molecule has 0 heterocycles. The van der Waals surface area contributed by atoms with Crippen molar-refractivity contribution in [2.75, 3.05) is 25.6 Å². The van der Waals surface area contributed by atoms with Crippen LogP contribution in [0, 0.1) is 11.3 Å². The molecule has 0 atom stereocenters. The molecule has 136 valence electrons. The van der Waals surface area contributed by atoms with E-state index in [1.165, 1.54) is 7.11 Å². The van der Waals surface area contributed by atoms with Gasteiger partial charge in [-0.1, -0.05) is 11.6 Å². The molecule has 0 unspecified atom stereocenters. The number of carbonyl (C=O) groups is 1. The number of nitrogens with zero attached hydrogens (tertiary/aromatic N) is 1. The van der Waals surface area contributed by atoms with E-state index >= 15 is 0 Å². The maximum Gasteiger partial charge on any atom is 0.262 e. The van der Waals surface area contributed by atoms with Crippen molar-refractivity contribution in [1.82, 2.24) is 0 Å². The number of hydrogen-bond acceptors (Lipinski definition) is 5. The Morgan fingerprint density at radius 3 is 2.69 bits per heavy atom. The third-order valence-electron chi connectivity index (χ3n) is 3.22. The molecule has 26 heavy (non-hydrogen) atoms. The van der Waals surface area contributed by atoms with E-state index in [0.717, 1.165) is 0 Å². The normalized spacial score (nSPS) is 9.96. The van der Waals surface area contributed by atoms with Gasteiger partial charge in [0.05, 0.1) is 35.5 Å². The number of hydrogen-bond donors (Lipinski definition) is 1. The molecular weight excluding hydrogens is 424 g/mol. The summed E-state index contributed by atoms with van der Waals surface area (Å²) in [5.74, 6) is 0.812. The van der Waals surface area contributed by atoms with E-state index in [1.807, 2.05) is 13.0 Å². The van der Waals surface area contributed by atoms with Gasteiger partial charge >= 0.3 is 0 Å². The predicted octanol–water partition coefficient (Wildman–Crippen LogP) is 4.40. The van der Waals surface area contributed by atoms with E-state index in [4.69, 9.17) is 31.1 Å². The van der Waals surface area contributed by atoms with E-state index in [2.05, 4.69) is 21.2 Å². The molecule has 0 bridgehead atoms. The third kappa shape index (κ3) is 5.04. The second-order valence-corrected chi connectivity index (χ2v) is 6.30. The lowest BCUT2D eigenvalue weighted by atomic mass is 10.2. The van der Waals surface area contributed by atoms with Gasteiger partial charge in [-0.2, -0.15) is 5.26 Å². The molecule has 0 aliphatic carbocycles. The summed E-state index contributed by atoms with van der Waals surface area (Å²) in [5, 5.41) is 12.2. The topological polar surface area (TPSA) is 80.6 Å². The second kappa shape index (κ2) is 9.32. The first-order valence-electron chi connectivity index (χ1n) is 7.61. The number of rotatable bonds is 7. The Morgan fingerprint density at radius 1 is 1.27 bits per heavy atom. The Balaban J connectivity index is 2.13. The molecular formula is C18H16BrClN2O4. The summed E-state index contributed by atoms with van der Waals surface area (Å²) in [6.45, 7) is 1.94. The number of carbonyl (C=O) groups excluding carboxylic acids is 1. The van der Waals surface area contributed by atoms with Crippen molar-refractivity contribution in [3.8, 4) is 23.3 Å². The Bertz CT molecular complexity index is 852. The van der Waals surface area contributed by atoms with E-state index in [-0.39, 0.29) is 6.61 Å². The van der Waals surface area contributed by atoms with Gasteiger partial charge in [-0.05, 0) is 47.1 Å². The van der Waals surface area contributed by atoms with Crippen LogP contribution in [0.2, 0.25) is 5.02 Å². The lowest BCUT2D eigenvalue weighted by molar-refractivity contribution is -0.118. The summed E-state index contributed by atoms with van der Waals surface area (Å²) in [6, 6.07) is 10.1. The van der Waals surface area contributed by atoms with E-state index in [0.29, 0.717) is 44.6 Å². The number of methoxy groups -OCH3 is 1. The van der Waals surface area contributed by atoms with Gasteiger partial charge in [0.25, 0.3) is 5.91 Å². The van der Waals surface area contributed by atoms with E-state index < -0.39 is 5.91 Å². The molecule has 0 spiro atoms. The summed E-state index contributed by atoms with van der Waals surface area (Å²) in [7, 11) is 1.50. The Morgan fingerprint density at radius 2 is 2.04 bits per heavy atom. The minimum absolute atomic E-state index is 0.264. The first kappa shape index (κ1) is 19.9. The largest absolute Gasteiger partial charge is 0.495 e. The number of amides is 1. The minimum atomic E-state index is -0.399. The molecule has 8 heteroatoms. The molecule has 6 nitrogen and oxygen atoms in total. The lowest BCUT2D eigenvalue weighted by Gasteiger charge is -2.15. The Labute approximate surface area is 164 Å². The van der Waals surface area contributed by atoms with Gasteiger partial charge in [0.15, 0.2) is 18.1 Å². The van der Waals surface area contributed by atoms with Crippen LogP contribution < -0.4 is 19.5 Å². The first-order valence-corrected chi connectivity index (χ1v) is 8.78. The fraction of sp³-hybridized carbons (Fsp3) is 0.222. The van der Waals surface area contributed by atoms with Crippen molar-refractivity contribution >= 4 is 39.1 Å². The van der Waals surface area contributed by atoms with Crippen LogP contribution in [0.1, 0.15) is 12.5 Å². The SMILES string of the molecule is CCOc1cc(C#N)cc(Br)c1OCC(=O)Nc1cc(Cl)ccc1OC. The molecule has 2 aromatic carbocycles. The summed E-state index contributed by atoms with van der Waals surface area (Å²) in [6.07, 6.45) is 0. The molecule has 0 saturated carbocycles. The maximum absolute atomic E-state index is 12.2. The highest BCUT2D eigenvalue weighted by molar-refractivity contribution is 9.10. The molecule has 0 aliphatic rings. The number of benzene rings is 2. The molecule has 2 aromatic rings. The van der Waals surface area contributed by atoms with Gasteiger partial charge in [0.2, 0.25) is 0 Å². The number of nitriles is 1.